The molecule has 1 aliphatic carbocycles. The summed E-state index contributed by atoms with van der Waals surface area (Å²) in [6, 6.07) is 13.7. The summed E-state index contributed by atoms with van der Waals surface area (Å²) in [5.41, 5.74) is 5.01. The van der Waals surface area contributed by atoms with E-state index in [0.29, 0.717) is 5.88 Å². The molecular formula is C19H20ClF. The van der Waals surface area contributed by atoms with Gasteiger partial charge in [-0.1, -0.05) is 30.3 Å². The predicted octanol–water partition coefficient (Wildman–Crippen LogP) is 5.19. The van der Waals surface area contributed by atoms with Crippen LogP contribution in [0.1, 0.15) is 35.1 Å². The SMILES string of the molecule is Cc1cc(F)ccc1CC1(CCl)CCCc2ccccc21. The van der Waals surface area contributed by atoms with Crippen LogP contribution in [0.15, 0.2) is 42.5 Å². The van der Waals surface area contributed by atoms with Gasteiger partial charge in [-0.25, -0.2) is 4.39 Å². The van der Waals surface area contributed by atoms with Gasteiger partial charge in [0.1, 0.15) is 5.82 Å². The van der Waals surface area contributed by atoms with Crippen LogP contribution < -0.4 is 0 Å². The van der Waals surface area contributed by atoms with Gasteiger partial charge in [-0.2, -0.15) is 0 Å². The number of alkyl halides is 1. The van der Waals surface area contributed by atoms with Crippen LogP contribution in [-0.4, -0.2) is 5.88 Å². The Morgan fingerprint density at radius 3 is 2.76 bits per heavy atom. The van der Waals surface area contributed by atoms with E-state index in [1.165, 1.54) is 23.1 Å². The molecule has 0 spiro atoms. The smallest absolute Gasteiger partial charge is 0.123 e. The molecule has 3 rings (SSSR count). The molecule has 21 heavy (non-hydrogen) atoms. The quantitative estimate of drug-likeness (QED) is 0.684. The highest BCUT2D eigenvalue weighted by Crippen LogP contribution is 2.41. The van der Waals surface area contributed by atoms with Gasteiger partial charge in [-0.3, -0.25) is 0 Å². The van der Waals surface area contributed by atoms with E-state index in [1.54, 1.807) is 12.1 Å². The monoisotopic (exact) mass is 302 g/mol. The maximum Gasteiger partial charge on any atom is 0.123 e. The predicted molar refractivity (Wildman–Crippen MR) is 86.6 cm³/mol. The molecule has 2 heteroatoms. The fourth-order valence-corrected chi connectivity index (χ4v) is 3.97. The Morgan fingerprint density at radius 1 is 1.19 bits per heavy atom. The lowest BCUT2D eigenvalue weighted by Gasteiger charge is -2.38. The molecule has 0 saturated carbocycles. The molecule has 0 heterocycles. The van der Waals surface area contributed by atoms with Crippen molar-refractivity contribution >= 4 is 11.6 Å². The number of fused-ring (bicyclic) bond motifs is 1. The summed E-state index contributed by atoms with van der Waals surface area (Å²) in [5, 5.41) is 0. The molecule has 0 fully saturated rings. The van der Waals surface area contributed by atoms with E-state index in [9.17, 15) is 4.39 Å². The second-order valence-electron chi connectivity index (χ2n) is 6.17. The Hall–Kier alpha value is -1.34. The molecule has 1 aliphatic rings. The average molecular weight is 303 g/mol. The fraction of sp³-hybridized carbons (Fsp3) is 0.368. The molecule has 2 aromatic carbocycles. The van der Waals surface area contributed by atoms with E-state index < -0.39 is 0 Å². The highest BCUT2D eigenvalue weighted by atomic mass is 35.5. The molecule has 1 atom stereocenters. The topological polar surface area (TPSA) is 0 Å². The van der Waals surface area contributed by atoms with E-state index >= 15 is 0 Å². The summed E-state index contributed by atoms with van der Waals surface area (Å²) in [6.45, 7) is 1.98. The third-order valence-electron chi connectivity index (χ3n) is 4.78. The molecule has 0 aliphatic heterocycles. The number of aryl methyl sites for hydroxylation is 2. The summed E-state index contributed by atoms with van der Waals surface area (Å²) in [4.78, 5) is 0. The van der Waals surface area contributed by atoms with E-state index in [4.69, 9.17) is 11.6 Å². The Bertz CT molecular complexity index is 650. The van der Waals surface area contributed by atoms with Crippen molar-refractivity contribution in [1.29, 1.82) is 0 Å². The van der Waals surface area contributed by atoms with Crippen molar-refractivity contribution in [2.24, 2.45) is 0 Å². The second kappa shape index (κ2) is 5.81. The van der Waals surface area contributed by atoms with Gasteiger partial charge >= 0.3 is 0 Å². The van der Waals surface area contributed by atoms with Gasteiger partial charge in [0.2, 0.25) is 0 Å². The van der Waals surface area contributed by atoms with Crippen LogP contribution in [0.4, 0.5) is 4.39 Å². The van der Waals surface area contributed by atoms with Crippen LogP contribution in [0.3, 0.4) is 0 Å². The third-order valence-corrected chi connectivity index (χ3v) is 5.29. The lowest BCUT2D eigenvalue weighted by atomic mass is 9.67. The second-order valence-corrected chi connectivity index (χ2v) is 6.44. The Labute approximate surface area is 131 Å². The molecule has 0 aromatic heterocycles. The van der Waals surface area contributed by atoms with Gasteiger partial charge in [0, 0.05) is 11.3 Å². The van der Waals surface area contributed by atoms with Crippen LogP contribution in [0, 0.1) is 12.7 Å². The molecule has 1 unspecified atom stereocenters. The van der Waals surface area contributed by atoms with Crippen molar-refractivity contribution in [2.75, 3.05) is 5.88 Å². The van der Waals surface area contributed by atoms with Crippen LogP contribution in [-0.2, 0) is 18.3 Å². The zero-order chi connectivity index (χ0) is 14.9. The fourth-order valence-electron chi connectivity index (χ4n) is 3.60. The number of hydrogen-bond donors (Lipinski definition) is 0. The van der Waals surface area contributed by atoms with Gasteiger partial charge in [0.25, 0.3) is 0 Å². The van der Waals surface area contributed by atoms with Gasteiger partial charge < -0.3 is 0 Å². The van der Waals surface area contributed by atoms with Crippen molar-refractivity contribution in [3.63, 3.8) is 0 Å². The summed E-state index contributed by atoms with van der Waals surface area (Å²) in [7, 11) is 0. The standard InChI is InChI=1S/C19H20ClF/c1-14-11-17(21)9-8-16(14)12-19(13-20)10-4-6-15-5-2-3-7-18(15)19/h2-3,5,7-9,11H,4,6,10,12-13H2,1H3. The zero-order valence-electron chi connectivity index (χ0n) is 12.3. The van der Waals surface area contributed by atoms with Crippen LogP contribution in [0.2, 0.25) is 0 Å². The highest BCUT2D eigenvalue weighted by Gasteiger charge is 2.36. The normalized spacial score (nSPS) is 21.1. The van der Waals surface area contributed by atoms with E-state index in [-0.39, 0.29) is 11.2 Å². The largest absolute Gasteiger partial charge is 0.207 e. The molecular weight excluding hydrogens is 283 g/mol. The van der Waals surface area contributed by atoms with Crippen LogP contribution >= 0.6 is 11.6 Å². The summed E-state index contributed by atoms with van der Waals surface area (Å²) >= 11 is 6.42. The minimum Gasteiger partial charge on any atom is -0.207 e. The lowest BCUT2D eigenvalue weighted by Crippen LogP contribution is -2.35. The average Bonchev–Trinajstić information content (AvgIpc) is 2.50. The van der Waals surface area contributed by atoms with E-state index in [1.807, 2.05) is 13.0 Å². The summed E-state index contributed by atoms with van der Waals surface area (Å²) in [5.74, 6) is 0.445. The van der Waals surface area contributed by atoms with Crippen molar-refractivity contribution < 1.29 is 4.39 Å². The minimum absolute atomic E-state index is 0.0149. The third kappa shape index (κ3) is 2.72. The van der Waals surface area contributed by atoms with Crippen molar-refractivity contribution in [1.82, 2.24) is 0 Å². The molecule has 0 amide bonds. The minimum atomic E-state index is -0.166. The van der Waals surface area contributed by atoms with Crippen molar-refractivity contribution in [3.05, 3.63) is 70.5 Å². The van der Waals surface area contributed by atoms with Crippen molar-refractivity contribution in [2.45, 2.75) is 38.0 Å². The van der Waals surface area contributed by atoms with Crippen LogP contribution in [0.5, 0.6) is 0 Å². The first-order valence-electron chi connectivity index (χ1n) is 7.54. The number of halogens is 2. The lowest BCUT2D eigenvalue weighted by molar-refractivity contribution is 0.395. The molecule has 0 nitrogen and oxygen atoms in total. The van der Waals surface area contributed by atoms with Crippen LogP contribution in [0.25, 0.3) is 0 Å². The Balaban J connectivity index is 2.02. The first-order chi connectivity index (χ1) is 10.1. The zero-order valence-corrected chi connectivity index (χ0v) is 13.1. The first-order valence-corrected chi connectivity index (χ1v) is 8.07. The van der Waals surface area contributed by atoms with Gasteiger partial charge in [-0.05, 0) is 67.0 Å². The maximum atomic E-state index is 13.3. The number of rotatable bonds is 3. The Morgan fingerprint density at radius 2 is 2.00 bits per heavy atom. The van der Waals surface area contributed by atoms with Crippen molar-refractivity contribution in [3.8, 4) is 0 Å². The van der Waals surface area contributed by atoms with E-state index in [0.717, 1.165) is 24.8 Å². The molecule has 0 bridgehead atoms. The number of hydrogen-bond acceptors (Lipinski definition) is 0. The summed E-state index contributed by atoms with van der Waals surface area (Å²) in [6.07, 6.45) is 4.30. The molecule has 0 saturated heterocycles. The van der Waals surface area contributed by atoms with Gasteiger partial charge in [0.05, 0.1) is 0 Å². The summed E-state index contributed by atoms with van der Waals surface area (Å²) < 4.78 is 13.3. The molecule has 0 radical (unpaired) electrons. The molecule has 0 N–H and O–H groups in total. The molecule has 2 aromatic rings. The highest BCUT2D eigenvalue weighted by molar-refractivity contribution is 6.18. The number of benzene rings is 2. The van der Waals surface area contributed by atoms with Gasteiger partial charge in [-0.15, -0.1) is 11.6 Å². The van der Waals surface area contributed by atoms with Gasteiger partial charge in [0.15, 0.2) is 0 Å². The Kier molecular flexibility index (Phi) is 4.03. The maximum absolute atomic E-state index is 13.3. The van der Waals surface area contributed by atoms with E-state index in [2.05, 4.69) is 24.3 Å². The first kappa shape index (κ1) is 14.6. The molecule has 110 valence electrons.